The van der Waals surface area contributed by atoms with Crippen molar-refractivity contribution in [2.75, 3.05) is 5.73 Å². The summed E-state index contributed by atoms with van der Waals surface area (Å²) in [6, 6.07) is 8.34. The minimum absolute atomic E-state index is 0.866. The lowest BCUT2D eigenvalue weighted by atomic mass is 10.0. The maximum atomic E-state index is 5.71. The molecule has 1 rings (SSSR count). The van der Waals surface area contributed by atoms with Gasteiger partial charge in [0.25, 0.3) is 0 Å². The van der Waals surface area contributed by atoms with E-state index in [1.54, 1.807) is 0 Å². The molecule has 0 radical (unpaired) electrons. The molecule has 0 saturated heterocycles. The van der Waals surface area contributed by atoms with Gasteiger partial charge in [-0.05, 0) is 56.2 Å². The molecular weight excluding hydrogens is 302 g/mol. The summed E-state index contributed by atoms with van der Waals surface area (Å²) >= 11 is 0. The Bertz CT molecular complexity index is 418. The molecule has 0 aliphatic carbocycles. The van der Waals surface area contributed by atoms with Gasteiger partial charge in [0.2, 0.25) is 0 Å². The number of benzene rings is 1. The highest BCUT2D eigenvalue weighted by Crippen LogP contribution is 2.13. The van der Waals surface area contributed by atoms with Gasteiger partial charge in [-0.25, -0.2) is 0 Å². The first-order valence-electron chi connectivity index (χ1n) is 10.8. The molecule has 0 heterocycles. The summed E-state index contributed by atoms with van der Waals surface area (Å²) < 4.78 is 0. The standard InChI is InChI=1S/C24H41N/c1-2-3-4-5-6-7-8-9-10-11-12-13-14-15-16-17-18-23-19-21-24(25)22-20-23/h9-10,19-22H,2-8,11-18,25H2,1H3. The van der Waals surface area contributed by atoms with Crippen LogP contribution in [0.1, 0.15) is 102 Å². The van der Waals surface area contributed by atoms with Crippen LogP contribution in [-0.4, -0.2) is 0 Å². The molecule has 0 unspecified atom stereocenters. The van der Waals surface area contributed by atoms with E-state index in [1.165, 1.54) is 102 Å². The van der Waals surface area contributed by atoms with Gasteiger partial charge in [-0.2, -0.15) is 0 Å². The maximum Gasteiger partial charge on any atom is 0.0314 e. The SMILES string of the molecule is CCCCCCCCC=CCCCCCCCCc1ccc(N)cc1. The fourth-order valence-corrected chi connectivity index (χ4v) is 3.26. The molecule has 25 heavy (non-hydrogen) atoms. The fraction of sp³-hybridized carbons (Fsp3) is 0.667. The number of hydrogen-bond acceptors (Lipinski definition) is 1. The lowest BCUT2D eigenvalue weighted by Crippen LogP contribution is -1.88. The Balaban J connectivity index is 1.79. The third-order valence-corrected chi connectivity index (χ3v) is 4.96. The Morgan fingerprint density at radius 2 is 1.12 bits per heavy atom. The number of hydrogen-bond donors (Lipinski definition) is 1. The molecule has 0 fully saturated rings. The summed E-state index contributed by atoms with van der Waals surface area (Å²) in [5.41, 5.74) is 8.00. The number of aryl methyl sites for hydroxylation is 1. The van der Waals surface area contributed by atoms with Crippen molar-refractivity contribution in [3.05, 3.63) is 42.0 Å². The predicted octanol–water partition coefficient (Wildman–Crippen LogP) is 7.85. The smallest absolute Gasteiger partial charge is 0.0314 e. The second-order valence-corrected chi connectivity index (χ2v) is 7.43. The third-order valence-electron chi connectivity index (χ3n) is 4.96. The van der Waals surface area contributed by atoms with Crippen molar-refractivity contribution in [3.8, 4) is 0 Å². The zero-order chi connectivity index (χ0) is 18.0. The second kappa shape index (κ2) is 16.2. The molecular formula is C24H41N. The van der Waals surface area contributed by atoms with E-state index in [-0.39, 0.29) is 0 Å². The van der Waals surface area contributed by atoms with Gasteiger partial charge < -0.3 is 5.73 Å². The molecule has 0 saturated carbocycles. The van der Waals surface area contributed by atoms with Gasteiger partial charge in [-0.1, -0.05) is 89.0 Å². The predicted molar refractivity (Wildman–Crippen MR) is 114 cm³/mol. The molecule has 1 nitrogen and oxygen atoms in total. The van der Waals surface area contributed by atoms with Crippen LogP contribution < -0.4 is 5.73 Å². The third kappa shape index (κ3) is 13.7. The summed E-state index contributed by atoms with van der Waals surface area (Å²) in [5, 5.41) is 0. The van der Waals surface area contributed by atoms with Gasteiger partial charge in [-0.3, -0.25) is 0 Å². The highest BCUT2D eigenvalue weighted by atomic mass is 14.5. The molecule has 1 aromatic carbocycles. The van der Waals surface area contributed by atoms with Crippen LogP contribution in [0.2, 0.25) is 0 Å². The minimum Gasteiger partial charge on any atom is -0.399 e. The first-order chi connectivity index (χ1) is 12.3. The highest BCUT2D eigenvalue weighted by molar-refractivity contribution is 5.39. The van der Waals surface area contributed by atoms with Gasteiger partial charge in [0.05, 0.1) is 0 Å². The number of allylic oxidation sites excluding steroid dienone is 2. The largest absolute Gasteiger partial charge is 0.399 e. The van der Waals surface area contributed by atoms with Crippen molar-refractivity contribution >= 4 is 5.69 Å². The summed E-state index contributed by atoms with van der Waals surface area (Å²) in [6.07, 6.45) is 25.2. The zero-order valence-electron chi connectivity index (χ0n) is 16.6. The first-order valence-corrected chi connectivity index (χ1v) is 10.8. The van der Waals surface area contributed by atoms with Crippen LogP contribution in [0.4, 0.5) is 5.69 Å². The summed E-state index contributed by atoms with van der Waals surface area (Å²) in [4.78, 5) is 0. The second-order valence-electron chi connectivity index (χ2n) is 7.43. The van der Waals surface area contributed by atoms with Crippen molar-refractivity contribution < 1.29 is 0 Å². The van der Waals surface area contributed by atoms with E-state index >= 15 is 0 Å². The Morgan fingerprint density at radius 1 is 0.640 bits per heavy atom. The summed E-state index contributed by atoms with van der Waals surface area (Å²) in [7, 11) is 0. The molecule has 0 aromatic heterocycles. The average Bonchev–Trinajstić information content (AvgIpc) is 2.63. The molecule has 0 aliphatic heterocycles. The topological polar surface area (TPSA) is 26.0 Å². The molecule has 0 spiro atoms. The van der Waals surface area contributed by atoms with Crippen molar-refractivity contribution in [2.24, 2.45) is 0 Å². The van der Waals surface area contributed by atoms with E-state index < -0.39 is 0 Å². The molecule has 0 bridgehead atoms. The van der Waals surface area contributed by atoms with E-state index in [0.29, 0.717) is 0 Å². The van der Waals surface area contributed by atoms with Crippen LogP contribution in [0, 0.1) is 0 Å². The highest BCUT2D eigenvalue weighted by Gasteiger charge is 1.95. The van der Waals surface area contributed by atoms with E-state index in [9.17, 15) is 0 Å². The van der Waals surface area contributed by atoms with Crippen LogP contribution >= 0.6 is 0 Å². The fourth-order valence-electron chi connectivity index (χ4n) is 3.26. The van der Waals surface area contributed by atoms with E-state index in [0.717, 1.165) is 5.69 Å². The molecule has 2 N–H and O–H groups in total. The van der Waals surface area contributed by atoms with Crippen molar-refractivity contribution in [2.45, 2.75) is 103 Å². The van der Waals surface area contributed by atoms with Gasteiger partial charge in [-0.15, -0.1) is 0 Å². The minimum atomic E-state index is 0.866. The Kier molecular flexibility index (Phi) is 14.2. The lowest BCUT2D eigenvalue weighted by Gasteiger charge is -2.03. The molecule has 0 aliphatic rings. The normalized spacial score (nSPS) is 11.4. The van der Waals surface area contributed by atoms with Crippen molar-refractivity contribution in [3.63, 3.8) is 0 Å². The number of anilines is 1. The van der Waals surface area contributed by atoms with Crippen LogP contribution in [0.5, 0.6) is 0 Å². The molecule has 0 amide bonds. The molecule has 142 valence electrons. The Hall–Kier alpha value is -1.24. The Morgan fingerprint density at radius 3 is 1.68 bits per heavy atom. The molecule has 1 heteroatoms. The van der Waals surface area contributed by atoms with Crippen LogP contribution in [0.3, 0.4) is 0 Å². The zero-order valence-corrected chi connectivity index (χ0v) is 16.6. The first kappa shape index (κ1) is 21.8. The van der Waals surface area contributed by atoms with Gasteiger partial charge in [0.1, 0.15) is 0 Å². The van der Waals surface area contributed by atoms with Crippen molar-refractivity contribution in [1.29, 1.82) is 0 Å². The number of nitrogens with two attached hydrogens (primary N) is 1. The van der Waals surface area contributed by atoms with Gasteiger partial charge in [0.15, 0.2) is 0 Å². The van der Waals surface area contributed by atoms with Gasteiger partial charge >= 0.3 is 0 Å². The summed E-state index contributed by atoms with van der Waals surface area (Å²) in [5.74, 6) is 0. The molecule has 1 aromatic rings. The number of rotatable bonds is 16. The summed E-state index contributed by atoms with van der Waals surface area (Å²) in [6.45, 7) is 2.28. The lowest BCUT2D eigenvalue weighted by molar-refractivity contribution is 0.595. The average molecular weight is 344 g/mol. The van der Waals surface area contributed by atoms with Gasteiger partial charge in [0, 0.05) is 5.69 Å². The number of nitrogen functional groups attached to an aromatic ring is 1. The van der Waals surface area contributed by atoms with E-state index in [4.69, 9.17) is 5.73 Å². The quantitative estimate of drug-likeness (QED) is 0.184. The molecule has 0 atom stereocenters. The number of unbranched alkanes of at least 4 members (excludes halogenated alkanes) is 12. The van der Waals surface area contributed by atoms with Crippen LogP contribution in [0.25, 0.3) is 0 Å². The maximum absolute atomic E-state index is 5.71. The van der Waals surface area contributed by atoms with E-state index in [2.05, 4.69) is 31.2 Å². The van der Waals surface area contributed by atoms with Crippen molar-refractivity contribution in [1.82, 2.24) is 0 Å². The van der Waals surface area contributed by atoms with Crippen LogP contribution in [0.15, 0.2) is 36.4 Å². The monoisotopic (exact) mass is 343 g/mol. The van der Waals surface area contributed by atoms with E-state index in [1.807, 2.05) is 12.1 Å². The Labute approximate surface area is 157 Å². The van der Waals surface area contributed by atoms with Crippen LogP contribution in [-0.2, 0) is 6.42 Å².